The van der Waals surface area contributed by atoms with Crippen molar-refractivity contribution in [3.8, 4) is 11.4 Å². The van der Waals surface area contributed by atoms with Crippen LogP contribution in [0.2, 0.25) is 0 Å². The van der Waals surface area contributed by atoms with Crippen LogP contribution in [0.25, 0.3) is 22.3 Å². The molecule has 27 heavy (non-hydrogen) atoms. The van der Waals surface area contributed by atoms with Crippen molar-refractivity contribution in [1.29, 1.82) is 0 Å². The molecule has 0 saturated carbocycles. The van der Waals surface area contributed by atoms with Crippen molar-refractivity contribution in [3.63, 3.8) is 0 Å². The zero-order valence-electron chi connectivity index (χ0n) is 14.3. The molecular weight excluding hydrogens is 344 g/mol. The Morgan fingerprint density at radius 2 is 1.89 bits per heavy atom. The molecule has 1 N–H and O–H groups in total. The summed E-state index contributed by atoms with van der Waals surface area (Å²) in [5.74, 6) is 0.404. The number of carbonyl (C=O) groups is 1. The normalized spacial score (nSPS) is 10.7. The molecule has 1 aromatic carbocycles. The van der Waals surface area contributed by atoms with Crippen LogP contribution in [0.1, 0.15) is 10.4 Å². The summed E-state index contributed by atoms with van der Waals surface area (Å²) < 4.78 is 1.42. The molecule has 8 heteroatoms. The molecule has 0 spiro atoms. The van der Waals surface area contributed by atoms with E-state index in [0.29, 0.717) is 28.1 Å². The van der Waals surface area contributed by atoms with Gasteiger partial charge in [-0.25, -0.2) is 19.9 Å². The molecule has 0 radical (unpaired) electrons. The fourth-order valence-corrected chi connectivity index (χ4v) is 2.77. The number of benzene rings is 1. The number of pyridine rings is 1. The number of anilines is 1. The van der Waals surface area contributed by atoms with Gasteiger partial charge in [-0.1, -0.05) is 12.1 Å². The van der Waals surface area contributed by atoms with Crippen molar-refractivity contribution in [1.82, 2.24) is 24.5 Å². The molecule has 132 valence electrons. The first-order chi connectivity index (χ1) is 13.1. The van der Waals surface area contributed by atoms with E-state index < -0.39 is 5.91 Å². The first-order valence-corrected chi connectivity index (χ1v) is 8.12. The van der Waals surface area contributed by atoms with Crippen LogP contribution >= 0.6 is 0 Å². The van der Waals surface area contributed by atoms with Gasteiger partial charge in [0.25, 0.3) is 11.5 Å². The van der Waals surface area contributed by atoms with Crippen LogP contribution in [-0.4, -0.2) is 30.4 Å². The lowest BCUT2D eigenvalue weighted by molar-refractivity contribution is 0.102. The van der Waals surface area contributed by atoms with E-state index in [0.717, 1.165) is 0 Å². The molecule has 0 bridgehead atoms. The highest BCUT2D eigenvalue weighted by molar-refractivity contribution is 6.11. The van der Waals surface area contributed by atoms with E-state index in [2.05, 4.69) is 25.3 Å². The SMILES string of the molecule is Cn1c(-c2cncnc2)nc2c(C(=O)Nc3ccccn3)cccc2c1=O. The van der Waals surface area contributed by atoms with Gasteiger partial charge in [0.15, 0.2) is 0 Å². The summed E-state index contributed by atoms with van der Waals surface area (Å²) in [5, 5.41) is 3.07. The molecule has 1 amide bonds. The van der Waals surface area contributed by atoms with Gasteiger partial charge in [0.05, 0.1) is 22.0 Å². The monoisotopic (exact) mass is 358 g/mol. The van der Waals surface area contributed by atoms with Crippen LogP contribution in [0.3, 0.4) is 0 Å². The van der Waals surface area contributed by atoms with Gasteiger partial charge in [-0.3, -0.25) is 14.2 Å². The fraction of sp³-hybridized carbons (Fsp3) is 0.0526. The molecule has 0 atom stereocenters. The van der Waals surface area contributed by atoms with Gasteiger partial charge in [-0.05, 0) is 24.3 Å². The van der Waals surface area contributed by atoms with Gasteiger partial charge in [-0.2, -0.15) is 0 Å². The van der Waals surface area contributed by atoms with Crippen molar-refractivity contribution in [3.05, 3.63) is 77.2 Å². The number of hydrogen-bond donors (Lipinski definition) is 1. The zero-order chi connectivity index (χ0) is 18.8. The first-order valence-electron chi connectivity index (χ1n) is 8.12. The Kier molecular flexibility index (Phi) is 4.13. The van der Waals surface area contributed by atoms with E-state index >= 15 is 0 Å². The molecule has 0 aliphatic carbocycles. The minimum atomic E-state index is -0.393. The van der Waals surface area contributed by atoms with Crippen molar-refractivity contribution in [2.75, 3.05) is 5.32 Å². The summed E-state index contributed by atoms with van der Waals surface area (Å²) in [6, 6.07) is 10.1. The third-order valence-corrected chi connectivity index (χ3v) is 4.08. The molecule has 3 aromatic heterocycles. The molecule has 0 unspecified atom stereocenters. The average Bonchev–Trinajstić information content (AvgIpc) is 2.71. The highest BCUT2D eigenvalue weighted by Gasteiger charge is 2.17. The van der Waals surface area contributed by atoms with E-state index in [1.165, 1.54) is 10.9 Å². The first kappa shape index (κ1) is 16.5. The van der Waals surface area contributed by atoms with Gasteiger partial charge in [0, 0.05) is 25.6 Å². The molecule has 0 aliphatic rings. The number of rotatable bonds is 3. The van der Waals surface area contributed by atoms with E-state index in [-0.39, 0.29) is 11.1 Å². The summed E-state index contributed by atoms with van der Waals surface area (Å²) in [4.78, 5) is 42.1. The predicted octanol–water partition coefficient (Wildman–Crippen LogP) is 2.04. The van der Waals surface area contributed by atoms with Gasteiger partial charge in [0.1, 0.15) is 18.0 Å². The number of carbonyl (C=O) groups excluding carboxylic acids is 1. The Labute approximate surface area is 153 Å². The van der Waals surface area contributed by atoms with Crippen LogP contribution in [0.15, 0.2) is 66.1 Å². The number of nitrogens with zero attached hydrogens (tertiary/aromatic N) is 5. The molecule has 0 fully saturated rings. The highest BCUT2D eigenvalue weighted by Crippen LogP contribution is 2.20. The van der Waals surface area contributed by atoms with E-state index in [9.17, 15) is 9.59 Å². The number of nitrogens with one attached hydrogen (secondary N) is 1. The lowest BCUT2D eigenvalue weighted by Gasteiger charge is -2.11. The van der Waals surface area contributed by atoms with Gasteiger partial charge in [-0.15, -0.1) is 0 Å². The summed E-state index contributed by atoms with van der Waals surface area (Å²) in [7, 11) is 1.62. The summed E-state index contributed by atoms with van der Waals surface area (Å²) in [5.41, 5.74) is 0.923. The summed E-state index contributed by atoms with van der Waals surface area (Å²) in [6.07, 6.45) is 6.11. The number of hydrogen-bond acceptors (Lipinski definition) is 6. The number of para-hydroxylation sites is 1. The molecular formula is C19H14N6O2. The average molecular weight is 358 g/mol. The van der Waals surface area contributed by atoms with Crippen LogP contribution in [0, 0.1) is 0 Å². The Hall–Kier alpha value is -3.94. The smallest absolute Gasteiger partial charge is 0.261 e. The van der Waals surface area contributed by atoms with Gasteiger partial charge < -0.3 is 5.32 Å². The lowest BCUT2D eigenvalue weighted by atomic mass is 10.1. The van der Waals surface area contributed by atoms with Crippen LogP contribution in [-0.2, 0) is 7.05 Å². The number of fused-ring (bicyclic) bond motifs is 1. The molecule has 3 heterocycles. The second-order valence-electron chi connectivity index (χ2n) is 5.80. The molecule has 0 saturated heterocycles. The Morgan fingerprint density at radius 1 is 1.07 bits per heavy atom. The minimum Gasteiger partial charge on any atom is -0.306 e. The van der Waals surface area contributed by atoms with Crippen LogP contribution in [0.4, 0.5) is 5.82 Å². The van der Waals surface area contributed by atoms with Crippen molar-refractivity contribution in [2.45, 2.75) is 0 Å². The predicted molar refractivity (Wildman–Crippen MR) is 100 cm³/mol. The van der Waals surface area contributed by atoms with Gasteiger partial charge >= 0.3 is 0 Å². The Balaban J connectivity index is 1.88. The zero-order valence-corrected chi connectivity index (χ0v) is 14.3. The van der Waals surface area contributed by atoms with Crippen molar-refractivity contribution >= 4 is 22.6 Å². The van der Waals surface area contributed by atoms with Crippen molar-refractivity contribution < 1.29 is 4.79 Å². The lowest BCUT2D eigenvalue weighted by Crippen LogP contribution is -2.22. The Bertz CT molecular complexity index is 1190. The third-order valence-electron chi connectivity index (χ3n) is 4.08. The number of amides is 1. The van der Waals surface area contributed by atoms with Crippen LogP contribution in [0.5, 0.6) is 0 Å². The van der Waals surface area contributed by atoms with Gasteiger partial charge in [0.2, 0.25) is 0 Å². The summed E-state index contributed by atoms with van der Waals surface area (Å²) >= 11 is 0. The van der Waals surface area contributed by atoms with E-state index in [4.69, 9.17) is 0 Å². The van der Waals surface area contributed by atoms with E-state index in [1.54, 1.807) is 62.0 Å². The standard InChI is InChI=1S/C19H14N6O2/c1-25-17(12-9-20-11-21-10-12)24-16-13(5-4-6-14(16)19(25)27)18(26)23-15-7-2-3-8-22-15/h2-11H,1H3,(H,22,23,26). The maximum atomic E-state index is 12.8. The molecule has 8 nitrogen and oxygen atoms in total. The van der Waals surface area contributed by atoms with E-state index in [1.807, 2.05) is 0 Å². The maximum absolute atomic E-state index is 12.8. The second-order valence-corrected chi connectivity index (χ2v) is 5.80. The summed E-state index contributed by atoms with van der Waals surface area (Å²) in [6.45, 7) is 0. The fourth-order valence-electron chi connectivity index (χ4n) is 2.77. The maximum Gasteiger partial charge on any atom is 0.261 e. The minimum absolute atomic E-state index is 0.258. The quantitative estimate of drug-likeness (QED) is 0.601. The molecule has 4 aromatic rings. The second kappa shape index (κ2) is 6.75. The Morgan fingerprint density at radius 3 is 2.63 bits per heavy atom. The molecule has 4 rings (SSSR count). The topological polar surface area (TPSA) is 103 Å². The largest absolute Gasteiger partial charge is 0.306 e. The van der Waals surface area contributed by atoms with Crippen LogP contribution < -0.4 is 10.9 Å². The van der Waals surface area contributed by atoms with Crippen molar-refractivity contribution in [2.24, 2.45) is 7.05 Å². The number of aromatic nitrogens is 5. The highest BCUT2D eigenvalue weighted by atomic mass is 16.2. The third kappa shape index (κ3) is 3.04. The molecule has 0 aliphatic heterocycles.